The van der Waals surface area contributed by atoms with Crippen LogP contribution in [-0.2, 0) is 0 Å². The molecule has 9 heteroatoms. The Morgan fingerprint density at radius 1 is 1.50 bits per heavy atom. The van der Waals surface area contributed by atoms with Crippen molar-refractivity contribution in [3.05, 3.63) is 29.2 Å². The molecule has 1 aliphatic heterocycles. The van der Waals surface area contributed by atoms with Gasteiger partial charge < -0.3 is 20.3 Å². The first-order valence-corrected chi connectivity index (χ1v) is 7.44. The average Bonchev–Trinajstić information content (AvgIpc) is 3.06. The van der Waals surface area contributed by atoms with Crippen molar-refractivity contribution in [2.75, 3.05) is 18.8 Å². The number of aromatic nitrogens is 2. The van der Waals surface area contributed by atoms with E-state index in [1.165, 1.54) is 11.8 Å². The highest BCUT2D eigenvalue weighted by atomic mass is 19.1. The zero-order valence-electron chi connectivity index (χ0n) is 12.9. The number of nitrogen functional groups attached to an aromatic ring is 1. The summed E-state index contributed by atoms with van der Waals surface area (Å²) in [5, 5.41) is 12.8. The van der Waals surface area contributed by atoms with E-state index in [0.29, 0.717) is 19.4 Å². The number of halogens is 2. The van der Waals surface area contributed by atoms with Crippen molar-refractivity contribution in [3.63, 3.8) is 0 Å². The molecule has 7 nitrogen and oxygen atoms in total. The van der Waals surface area contributed by atoms with Gasteiger partial charge in [-0.3, -0.25) is 0 Å². The molecule has 1 aliphatic rings. The maximum Gasteiger partial charge on any atom is 0.407 e. The fourth-order valence-electron chi connectivity index (χ4n) is 2.76. The van der Waals surface area contributed by atoms with Gasteiger partial charge in [-0.15, -0.1) is 0 Å². The minimum atomic E-state index is -1.01. The van der Waals surface area contributed by atoms with Gasteiger partial charge in [0.15, 0.2) is 5.82 Å². The maximum absolute atomic E-state index is 14.2. The summed E-state index contributed by atoms with van der Waals surface area (Å²) in [5.41, 5.74) is 5.08. The number of anilines is 1. The SMILES string of the molecule is Cc1c(F)cc(-c2noc([C@H]3CCCN(C(=O)O)C3)n2)c(F)c1N. The summed E-state index contributed by atoms with van der Waals surface area (Å²) in [4.78, 5) is 16.4. The van der Waals surface area contributed by atoms with E-state index in [4.69, 9.17) is 15.4 Å². The van der Waals surface area contributed by atoms with Crippen LogP contribution in [0.15, 0.2) is 10.6 Å². The predicted molar refractivity (Wildman–Crippen MR) is 80.4 cm³/mol. The van der Waals surface area contributed by atoms with Crippen LogP contribution in [0.3, 0.4) is 0 Å². The van der Waals surface area contributed by atoms with Crippen LogP contribution in [-0.4, -0.2) is 39.3 Å². The number of piperidine rings is 1. The summed E-state index contributed by atoms with van der Waals surface area (Å²) >= 11 is 0. The van der Waals surface area contributed by atoms with Crippen LogP contribution in [0, 0.1) is 18.6 Å². The number of carbonyl (C=O) groups is 1. The van der Waals surface area contributed by atoms with E-state index < -0.39 is 17.7 Å². The number of carboxylic acid groups (broad SMARTS) is 1. The topological polar surface area (TPSA) is 105 Å². The smallest absolute Gasteiger partial charge is 0.407 e. The van der Waals surface area contributed by atoms with Crippen LogP contribution in [0.1, 0.15) is 30.2 Å². The van der Waals surface area contributed by atoms with E-state index >= 15 is 0 Å². The summed E-state index contributed by atoms with van der Waals surface area (Å²) < 4.78 is 33.2. The molecule has 1 atom stereocenters. The average molecular weight is 338 g/mol. The van der Waals surface area contributed by atoms with Gasteiger partial charge in [-0.1, -0.05) is 5.16 Å². The number of nitrogens with two attached hydrogens (primary N) is 1. The molecular weight excluding hydrogens is 322 g/mol. The van der Waals surface area contributed by atoms with Gasteiger partial charge in [-0.25, -0.2) is 13.6 Å². The molecule has 3 N–H and O–H groups in total. The zero-order chi connectivity index (χ0) is 17.4. The highest BCUT2D eigenvalue weighted by Gasteiger charge is 2.29. The molecule has 0 bridgehead atoms. The first-order chi connectivity index (χ1) is 11.4. The van der Waals surface area contributed by atoms with Gasteiger partial charge in [0.25, 0.3) is 0 Å². The predicted octanol–water partition coefficient (Wildman–Crippen LogP) is 2.76. The van der Waals surface area contributed by atoms with E-state index in [9.17, 15) is 13.6 Å². The van der Waals surface area contributed by atoms with Gasteiger partial charge in [0, 0.05) is 18.7 Å². The van der Waals surface area contributed by atoms with Crippen molar-refractivity contribution < 1.29 is 23.2 Å². The third kappa shape index (κ3) is 2.77. The molecule has 0 radical (unpaired) electrons. The Labute approximate surface area is 136 Å². The largest absolute Gasteiger partial charge is 0.465 e. The molecule has 128 valence electrons. The van der Waals surface area contributed by atoms with Crippen molar-refractivity contribution in [1.29, 1.82) is 0 Å². The van der Waals surface area contributed by atoms with Gasteiger partial charge in [-0.05, 0) is 25.8 Å². The van der Waals surface area contributed by atoms with Gasteiger partial charge >= 0.3 is 6.09 Å². The number of hydrogen-bond donors (Lipinski definition) is 2. The van der Waals surface area contributed by atoms with Crippen LogP contribution in [0.2, 0.25) is 0 Å². The highest BCUT2D eigenvalue weighted by Crippen LogP contribution is 2.31. The molecule has 24 heavy (non-hydrogen) atoms. The van der Waals surface area contributed by atoms with Gasteiger partial charge in [0.1, 0.15) is 5.82 Å². The van der Waals surface area contributed by atoms with Crippen LogP contribution >= 0.6 is 0 Å². The van der Waals surface area contributed by atoms with Crippen molar-refractivity contribution >= 4 is 11.8 Å². The number of hydrogen-bond acceptors (Lipinski definition) is 5. The minimum absolute atomic E-state index is 0.0179. The number of rotatable bonds is 2. The molecule has 0 saturated carbocycles. The molecule has 1 saturated heterocycles. The molecule has 1 amide bonds. The fourth-order valence-corrected chi connectivity index (χ4v) is 2.76. The molecule has 0 spiro atoms. The molecule has 3 rings (SSSR count). The second-order valence-electron chi connectivity index (χ2n) is 5.78. The highest BCUT2D eigenvalue weighted by molar-refractivity contribution is 5.66. The molecule has 1 fully saturated rings. The first-order valence-electron chi connectivity index (χ1n) is 7.44. The van der Waals surface area contributed by atoms with Crippen molar-refractivity contribution in [2.24, 2.45) is 0 Å². The first kappa shape index (κ1) is 16.2. The van der Waals surface area contributed by atoms with E-state index in [1.54, 1.807) is 0 Å². The molecule has 1 aromatic carbocycles. The molecule has 0 aliphatic carbocycles. The van der Waals surface area contributed by atoms with Crippen molar-refractivity contribution in [2.45, 2.75) is 25.7 Å². The van der Waals surface area contributed by atoms with Gasteiger partial charge in [0.05, 0.1) is 17.2 Å². The van der Waals surface area contributed by atoms with Gasteiger partial charge in [-0.2, -0.15) is 4.98 Å². The molecule has 1 aromatic heterocycles. The van der Waals surface area contributed by atoms with Crippen LogP contribution < -0.4 is 5.73 Å². The fraction of sp³-hybridized carbons (Fsp3) is 0.400. The van der Waals surface area contributed by atoms with Crippen LogP contribution in [0.4, 0.5) is 19.3 Å². The molecule has 0 unspecified atom stereocenters. The number of benzene rings is 1. The Kier molecular flexibility index (Phi) is 4.08. The van der Waals surface area contributed by atoms with E-state index in [1.807, 2.05) is 0 Å². The van der Waals surface area contributed by atoms with Crippen molar-refractivity contribution in [1.82, 2.24) is 15.0 Å². The number of amides is 1. The van der Waals surface area contributed by atoms with Crippen LogP contribution in [0.25, 0.3) is 11.4 Å². The summed E-state index contributed by atoms with van der Waals surface area (Å²) in [6, 6.07) is 0.972. The lowest BCUT2D eigenvalue weighted by atomic mass is 9.98. The Bertz CT molecular complexity index is 793. The van der Waals surface area contributed by atoms with Gasteiger partial charge in [0.2, 0.25) is 11.7 Å². The van der Waals surface area contributed by atoms with E-state index in [-0.39, 0.29) is 41.0 Å². The zero-order valence-corrected chi connectivity index (χ0v) is 12.9. The van der Waals surface area contributed by atoms with Crippen LogP contribution in [0.5, 0.6) is 0 Å². The van der Waals surface area contributed by atoms with E-state index in [2.05, 4.69) is 10.1 Å². The standard InChI is InChI=1S/C15H16F2N4O3/c1-7-10(16)5-9(11(17)12(7)18)13-19-14(24-20-13)8-3-2-4-21(6-8)15(22)23/h5,8H,2-4,6,18H2,1H3,(H,22,23)/t8-/m0/s1. The second kappa shape index (κ2) is 6.06. The monoisotopic (exact) mass is 338 g/mol. The molecular formula is C15H16F2N4O3. The third-order valence-electron chi connectivity index (χ3n) is 4.23. The lowest BCUT2D eigenvalue weighted by Crippen LogP contribution is -2.38. The minimum Gasteiger partial charge on any atom is -0.465 e. The second-order valence-corrected chi connectivity index (χ2v) is 5.78. The lowest BCUT2D eigenvalue weighted by molar-refractivity contribution is 0.126. The summed E-state index contributed by atoms with van der Waals surface area (Å²) in [7, 11) is 0. The Morgan fingerprint density at radius 2 is 2.25 bits per heavy atom. The lowest BCUT2D eigenvalue weighted by Gasteiger charge is -2.28. The Morgan fingerprint density at radius 3 is 2.96 bits per heavy atom. The molecule has 2 heterocycles. The third-order valence-corrected chi connectivity index (χ3v) is 4.23. The maximum atomic E-state index is 14.2. The summed E-state index contributed by atoms with van der Waals surface area (Å²) in [6.07, 6.45) is 0.326. The number of nitrogens with zero attached hydrogens (tertiary/aromatic N) is 3. The summed E-state index contributed by atoms with van der Waals surface area (Å²) in [5.74, 6) is -1.65. The Hall–Kier alpha value is -2.71. The number of likely N-dealkylation sites (tertiary alicyclic amines) is 1. The molecule has 2 aromatic rings. The van der Waals surface area contributed by atoms with Crippen molar-refractivity contribution in [3.8, 4) is 11.4 Å². The Balaban J connectivity index is 1.90. The summed E-state index contributed by atoms with van der Waals surface area (Å²) in [6.45, 7) is 2.05. The quantitative estimate of drug-likeness (QED) is 0.816. The van der Waals surface area contributed by atoms with E-state index in [0.717, 1.165) is 6.07 Å². The normalized spacial score (nSPS) is 18.0.